The van der Waals surface area contributed by atoms with Gasteiger partial charge in [-0.05, 0) is 11.6 Å². The summed E-state index contributed by atoms with van der Waals surface area (Å²) in [6.45, 7) is 0. The van der Waals surface area contributed by atoms with E-state index in [0.717, 1.165) is 11.1 Å². The molecule has 0 bridgehead atoms. The van der Waals surface area contributed by atoms with Gasteiger partial charge in [0.25, 0.3) is 0 Å². The zero-order chi connectivity index (χ0) is 11.7. The van der Waals surface area contributed by atoms with Crippen LogP contribution in [0, 0.1) is 0 Å². The second kappa shape index (κ2) is 4.24. The minimum atomic E-state index is 0.306. The molecule has 82 valence electrons. The SMILES string of the molecule is Nc1cc(-c2ccccc2)c(Cl)c(Cl)c1N. The van der Waals surface area contributed by atoms with E-state index in [1.54, 1.807) is 6.07 Å². The van der Waals surface area contributed by atoms with Crippen LogP contribution in [0.2, 0.25) is 10.0 Å². The lowest BCUT2D eigenvalue weighted by molar-refractivity contribution is 1.60. The van der Waals surface area contributed by atoms with Gasteiger partial charge in [-0.1, -0.05) is 53.5 Å². The van der Waals surface area contributed by atoms with Crippen molar-refractivity contribution in [3.63, 3.8) is 0 Å². The normalized spacial score (nSPS) is 10.4. The van der Waals surface area contributed by atoms with E-state index >= 15 is 0 Å². The Hall–Kier alpha value is -1.38. The summed E-state index contributed by atoms with van der Waals surface area (Å²) < 4.78 is 0. The maximum absolute atomic E-state index is 6.14. The van der Waals surface area contributed by atoms with E-state index < -0.39 is 0 Å². The summed E-state index contributed by atoms with van der Waals surface area (Å²) in [4.78, 5) is 0. The van der Waals surface area contributed by atoms with Crippen LogP contribution in [0.15, 0.2) is 36.4 Å². The lowest BCUT2D eigenvalue weighted by atomic mass is 10.0. The van der Waals surface area contributed by atoms with Crippen molar-refractivity contribution in [2.45, 2.75) is 0 Å². The van der Waals surface area contributed by atoms with Crippen molar-refractivity contribution in [2.24, 2.45) is 0 Å². The molecule has 16 heavy (non-hydrogen) atoms. The molecule has 0 amide bonds. The zero-order valence-electron chi connectivity index (χ0n) is 8.37. The lowest BCUT2D eigenvalue weighted by Crippen LogP contribution is -1.97. The summed E-state index contributed by atoms with van der Waals surface area (Å²) in [6.07, 6.45) is 0. The second-order valence-corrected chi connectivity index (χ2v) is 4.18. The van der Waals surface area contributed by atoms with Crippen molar-refractivity contribution in [3.8, 4) is 11.1 Å². The first-order valence-electron chi connectivity index (χ1n) is 4.69. The number of halogens is 2. The number of hydrogen-bond acceptors (Lipinski definition) is 2. The highest BCUT2D eigenvalue weighted by Gasteiger charge is 2.12. The fourth-order valence-corrected chi connectivity index (χ4v) is 1.96. The summed E-state index contributed by atoms with van der Waals surface area (Å²) >= 11 is 12.1. The second-order valence-electron chi connectivity index (χ2n) is 3.42. The standard InChI is InChI=1S/C12H10Cl2N2/c13-10-8(7-4-2-1-3-5-7)6-9(15)12(16)11(10)14/h1-6H,15-16H2. The number of hydrogen-bond donors (Lipinski definition) is 2. The van der Waals surface area contributed by atoms with Crippen LogP contribution in [0.25, 0.3) is 11.1 Å². The molecule has 0 heterocycles. The fourth-order valence-electron chi connectivity index (χ4n) is 1.49. The quantitative estimate of drug-likeness (QED) is 0.759. The van der Waals surface area contributed by atoms with Crippen LogP contribution >= 0.6 is 23.2 Å². The Morgan fingerprint density at radius 1 is 0.875 bits per heavy atom. The molecule has 4 heteroatoms. The summed E-state index contributed by atoms with van der Waals surface area (Å²) in [5.41, 5.74) is 14.0. The average molecular weight is 253 g/mol. The molecule has 2 aromatic carbocycles. The van der Waals surface area contributed by atoms with Crippen LogP contribution in [0.4, 0.5) is 11.4 Å². The largest absolute Gasteiger partial charge is 0.397 e. The summed E-state index contributed by atoms with van der Waals surface area (Å²) in [7, 11) is 0. The van der Waals surface area contributed by atoms with Crippen LogP contribution in [0.3, 0.4) is 0 Å². The third-order valence-electron chi connectivity index (χ3n) is 2.36. The first kappa shape index (κ1) is 11.1. The highest BCUT2D eigenvalue weighted by atomic mass is 35.5. The van der Waals surface area contributed by atoms with Gasteiger partial charge in [0.2, 0.25) is 0 Å². The smallest absolute Gasteiger partial charge is 0.0849 e. The Kier molecular flexibility index (Phi) is 2.95. The number of benzene rings is 2. The molecule has 0 radical (unpaired) electrons. The highest BCUT2D eigenvalue weighted by molar-refractivity contribution is 6.45. The molecule has 0 aliphatic carbocycles. The molecule has 0 saturated carbocycles. The molecule has 0 saturated heterocycles. The zero-order valence-corrected chi connectivity index (χ0v) is 9.89. The molecule has 0 spiro atoms. The number of nitrogens with two attached hydrogens (primary N) is 2. The Labute approximate surface area is 104 Å². The number of anilines is 2. The molecule has 4 N–H and O–H groups in total. The maximum Gasteiger partial charge on any atom is 0.0849 e. The molecule has 2 aromatic rings. The minimum absolute atomic E-state index is 0.306. The van der Waals surface area contributed by atoms with Gasteiger partial charge in [-0.2, -0.15) is 0 Å². The van der Waals surface area contributed by atoms with Crippen molar-refractivity contribution < 1.29 is 0 Å². The Morgan fingerprint density at radius 3 is 2.12 bits per heavy atom. The van der Waals surface area contributed by atoms with Crippen molar-refractivity contribution in [2.75, 3.05) is 11.5 Å². The van der Waals surface area contributed by atoms with E-state index in [4.69, 9.17) is 34.7 Å². The third kappa shape index (κ3) is 1.82. The van der Waals surface area contributed by atoms with Crippen LogP contribution in [0.5, 0.6) is 0 Å². The van der Waals surface area contributed by atoms with Crippen LogP contribution in [-0.2, 0) is 0 Å². The van der Waals surface area contributed by atoms with Gasteiger partial charge in [-0.3, -0.25) is 0 Å². The highest BCUT2D eigenvalue weighted by Crippen LogP contribution is 2.40. The summed E-state index contributed by atoms with van der Waals surface area (Å²) in [5, 5.41) is 0.736. The minimum Gasteiger partial charge on any atom is -0.397 e. The van der Waals surface area contributed by atoms with Gasteiger partial charge < -0.3 is 11.5 Å². The van der Waals surface area contributed by atoms with Gasteiger partial charge in [0.15, 0.2) is 0 Å². The monoisotopic (exact) mass is 252 g/mol. The van der Waals surface area contributed by atoms with Gasteiger partial charge in [0.1, 0.15) is 0 Å². The molecule has 0 fully saturated rings. The molecular formula is C12H10Cl2N2. The van der Waals surface area contributed by atoms with Gasteiger partial charge in [-0.25, -0.2) is 0 Å². The van der Waals surface area contributed by atoms with Gasteiger partial charge in [-0.15, -0.1) is 0 Å². The molecule has 2 rings (SSSR count). The van der Waals surface area contributed by atoms with Crippen LogP contribution in [-0.4, -0.2) is 0 Å². The molecule has 0 aromatic heterocycles. The Balaban J connectivity index is 2.68. The van der Waals surface area contributed by atoms with E-state index in [1.807, 2.05) is 30.3 Å². The Morgan fingerprint density at radius 2 is 1.50 bits per heavy atom. The van der Waals surface area contributed by atoms with E-state index in [1.165, 1.54) is 0 Å². The van der Waals surface area contributed by atoms with E-state index in [2.05, 4.69) is 0 Å². The first-order valence-corrected chi connectivity index (χ1v) is 5.45. The van der Waals surface area contributed by atoms with Gasteiger partial charge >= 0.3 is 0 Å². The van der Waals surface area contributed by atoms with Crippen molar-refractivity contribution >= 4 is 34.6 Å². The van der Waals surface area contributed by atoms with Crippen molar-refractivity contribution in [3.05, 3.63) is 46.4 Å². The summed E-state index contributed by atoms with van der Waals surface area (Å²) in [5.74, 6) is 0. The summed E-state index contributed by atoms with van der Waals surface area (Å²) in [6, 6.07) is 11.4. The third-order valence-corrected chi connectivity index (χ3v) is 3.24. The molecule has 0 atom stereocenters. The van der Waals surface area contributed by atoms with Crippen LogP contribution in [0.1, 0.15) is 0 Å². The molecule has 2 nitrogen and oxygen atoms in total. The lowest BCUT2D eigenvalue weighted by Gasteiger charge is -2.10. The average Bonchev–Trinajstić information content (AvgIpc) is 2.32. The van der Waals surface area contributed by atoms with Crippen molar-refractivity contribution in [1.29, 1.82) is 0 Å². The predicted molar refractivity (Wildman–Crippen MR) is 70.7 cm³/mol. The first-order chi connectivity index (χ1) is 7.61. The van der Waals surface area contributed by atoms with Crippen molar-refractivity contribution in [1.82, 2.24) is 0 Å². The molecule has 0 aliphatic heterocycles. The molecule has 0 unspecified atom stereocenters. The molecule has 0 aliphatic rings. The fraction of sp³-hybridized carbons (Fsp3) is 0. The van der Waals surface area contributed by atoms with E-state index in [9.17, 15) is 0 Å². The maximum atomic E-state index is 6.14. The molecular weight excluding hydrogens is 243 g/mol. The number of nitrogen functional groups attached to an aromatic ring is 2. The predicted octanol–water partition coefficient (Wildman–Crippen LogP) is 3.82. The van der Waals surface area contributed by atoms with E-state index in [-0.39, 0.29) is 0 Å². The van der Waals surface area contributed by atoms with Crippen LogP contribution < -0.4 is 11.5 Å². The Bertz CT molecular complexity index is 524. The topological polar surface area (TPSA) is 52.0 Å². The van der Waals surface area contributed by atoms with E-state index in [0.29, 0.717) is 21.4 Å². The number of rotatable bonds is 1. The van der Waals surface area contributed by atoms with Gasteiger partial charge in [0, 0.05) is 5.56 Å². The van der Waals surface area contributed by atoms with Gasteiger partial charge in [0.05, 0.1) is 21.4 Å².